The maximum absolute atomic E-state index is 12.4. The van der Waals surface area contributed by atoms with Crippen LogP contribution >= 0.6 is 0 Å². The van der Waals surface area contributed by atoms with Crippen LogP contribution in [0.3, 0.4) is 0 Å². The first-order chi connectivity index (χ1) is 12.6. The highest BCUT2D eigenvalue weighted by molar-refractivity contribution is 5.99. The Morgan fingerprint density at radius 1 is 1.04 bits per heavy atom. The lowest BCUT2D eigenvalue weighted by molar-refractivity contribution is 0.0920. The van der Waals surface area contributed by atoms with Gasteiger partial charge in [0.1, 0.15) is 29.4 Å². The minimum Gasteiger partial charge on any atom is -0.497 e. The summed E-state index contributed by atoms with van der Waals surface area (Å²) in [6.07, 6.45) is 0. The molecule has 0 saturated carbocycles. The second-order valence-corrected chi connectivity index (χ2v) is 5.70. The quantitative estimate of drug-likeness (QED) is 0.656. The molecule has 0 atom stereocenters. The van der Waals surface area contributed by atoms with Crippen LogP contribution in [-0.2, 0) is 0 Å². The van der Waals surface area contributed by atoms with Crippen LogP contribution in [-0.4, -0.2) is 33.3 Å². The SMILES string of the molecule is COc1cccc(OCCNC(=O)c2oc3ccc(OC)cc3c2C)c1. The van der Waals surface area contributed by atoms with Crippen molar-refractivity contribution in [2.24, 2.45) is 0 Å². The average molecular weight is 355 g/mol. The third-order valence-corrected chi connectivity index (χ3v) is 4.05. The molecule has 1 amide bonds. The zero-order chi connectivity index (χ0) is 18.5. The van der Waals surface area contributed by atoms with E-state index in [4.69, 9.17) is 18.6 Å². The zero-order valence-corrected chi connectivity index (χ0v) is 15.0. The van der Waals surface area contributed by atoms with E-state index in [1.54, 1.807) is 32.4 Å². The van der Waals surface area contributed by atoms with Crippen LogP contribution in [0.15, 0.2) is 46.9 Å². The number of methoxy groups -OCH3 is 2. The Balaban J connectivity index is 1.59. The van der Waals surface area contributed by atoms with Gasteiger partial charge in [-0.2, -0.15) is 0 Å². The Morgan fingerprint density at radius 3 is 2.54 bits per heavy atom. The number of carbonyl (C=O) groups is 1. The van der Waals surface area contributed by atoms with Crippen molar-refractivity contribution in [1.82, 2.24) is 5.32 Å². The van der Waals surface area contributed by atoms with Crippen LogP contribution < -0.4 is 19.5 Å². The topological polar surface area (TPSA) is 69.9 Å². The molecule has 1 N–H and O–H groups in total. The van der Waals surface area contributed by atoms with Gasteiger partial charge >= 0.3 is 0 Å². The van der Waals surface area contributed by atoms with E-state index >= 15 is 0 Å². The molecule has 26 heavy (non-hydrogen) atoms. The Kier molecular flexibility index (Phi) is 5.31. The van der Waals surface area contributed by atoms with E-state index in [0.717, 1.165) is 22.4 Å². The van der Waals surface area contributed by atoms with Gasteiger partial charge in [-0.1, -0.05) is 6.07 Å². The predicted octanol–water partition coefficient (Wildman–Crippen LogP) is 3.57. The molecule has 1 heterocycles. The number of hydrogen-bond donors (Lipinski definition) is 1. The molecule has 136 valence electrons. The highest BCUT2D eigenvalue weighted by atomic mass is 16.5. The van der Waals surface area contributed by atoms with Crippen LogP contribution in [0.2, 0.25) is 0 Å². The maximum Gasteiger partial charge on any atom is 0.287 e. The van der Waals surface area contributed by atoms with Gasteiger partial charge in [0.25, 0.3) is 5.91 Å². The molecule has 2 aromatic carbocycles. The third kappa shape index (κ3) is 3.74. The van der Waals surface area contributed by atoms with Crippen LogP contribution in [0.1, 0.15) is 16.1 Å². The van der Waals surface area contributed by atoms with Crippen LogP contribution in [0, 0.1) is 6.92 Å². The molecule has 0 radical (unpaired) electrons. The second-order valence-electron chi connectivity index (χ2n) is 5.70. The Labute approximate surface area is 151 Å². The number of hydrogen-bond acceptors (Lipinski definition) is 5. The standard InChI is InChI=1S/C20H21NO5/c1-13-17-12-15(24-3)7-8-18(17)26-19(13)20(22)21-9-10-25-16-6-4-5-14(11-16)23-2/h4-8,11-12H,9-10H2,1-3H3,(H,21,22). The molecular weight excluding hydrogens is 334 g/mol. The van der Waals surface area contributed by atoms with Crippen molar-refractivity contribution < 1.29 is 23.4 Å². The molecular formula is C20H21NO5. The molecule has 6 heteroatoms. The lowest BCUT2D eigenvalue weighted by Crippen LogP contribution is -2.28. The van der Waals surface area contributed by atoms with Crippen molar-refractivity contribution in [2.45, 2.75) is 6.92 Å². The minimum atomic E-state index is -0.271. The summed E-state index contributed by atoms with van der Waals surface area (Å²) in [5, 5.41) is 3.67. The van der Waals surface area contributed by atoms with Crippen LogP contribution in [0.25, 0.3) is 11.0 Å². The minimum absolute atomic E-state index is 0.271. The molecule has 0 bridgehead atoms. The lowest BCUT2D eigenvalue weighted by atomic mass is 10.1. The lowest BCUT2D eigenvalue weighted by Gasteiger charge is -2.08. The summed E-state index contributed by atoms with van der Waals surface area (Å²) in [7, 11) is 3.21. The smallest absolute Gasteiger partial charge is 0.287 e. The molecule has 0 spiro atoms. The zero-order valence-electron chi connectivity index (χ0n) is 15.0. The Bertz CT molecular complexity index is 916. The van der Waals surface area contributed by atoms with Gasteiger partial charge in [-0.25, -0.2) is 0 Å². The second kappa shape index (κ2) is 7.82. The van der Waals surface area contributed by atoms with Crippen molar-refractivity contribution in [3.63, 3.8) is 0 Å². The number of amides is 1. The van der Waals surface area contributed by atoms with E-state index in [0.29, 0.717) is 30.2 Å². The summed E-state index contributed by atoms with van der Waals surface area (Å²) < 4.78 is 21.7. The van der Waals surface area contributed by atoms with Crippen molar-refractivity contribution in [2.75, 3.05) is 27.4 Å². The molecule has 0 aliphatic carbocycles. The fourth-order valence-corrected chi connectivity index (χ4v) is 2.65. The molecule has 3 rings (SSSR count). The van der Waals surface area contributed by atoms with Crippen LogP contribution in [0.5, 0.6) is 17.2 Å². The highest BCUT2D eigenvalue weighted by Gasteiger charge is 2.17. The molecule has 0 unspecified atom stereocenters. The number of rotatable bonds is 7. The molecule has 6 nitrogen and oxygen atoms in total. The average Bonchev–Trinajstić information content (AvgIpc) is 3.01. The first kappa shape index (κ1) is 17.7. The number of fused-ring (bicyclic) bond motifs is 1. The summed E-state index contributed by atoms with van der Waals surface area (Å²) in [5.74, 6) is 2.16. The number of nitrogens with one attached hydrogen (secondary N) is 1. The van der Waals surface area contributed by atoms with Gasteiger partial charge in [0.05, 0.1) is 20.8 Å². The maximum atomic E-state index is 12.4. The predicted molar refractivity (Wildman–Crippen MR) is 98.3 cm³/mol. The fourth-order valence-electron chi connectivity index (χ4n) is 2.65. The normalized spacial score (nSPS) is 10.6. The molecule has 0 aliphatic heterocycles. The number of aryl methyl sites for hydroxylation is 1. The van der Waals surface area contributed by atoms with Gasteiger partial charge in [0.2, 0.25) is 0 Å². The molecule has 0 saturated heterocycles. The summed E-state index contributed by atoms with van der Waals surface area (Å²) in [6, 6.07) is 12.8. The molecule has 3 aromatic rings. The number of ether oxygens (including phenoxy) is 3. The summed E-state index contributed by atoms with van der Waals surface area (Å²) in [4.78, 5) is 12.4. The van der Waals surface area contributed by atoms with Gasteiger partial charge in [-0.3, -0.25) is 4.79 Å². The number of carbonyl (C=O) groups excluding carboxylic acids is 1. The largest absolute Gasteiger partial charge is 0.497 e. The Hall–Kier alpha value is -3.15. The summed E-state index contributed by atoms with van der Waals surface area (Å²) in [5.41, 5.74) is 1.44. The fraction of sp³-hybridized carbons (Fsp3) is 0.250. The van der Waals surface area contributed by atoms with Gasteiger partial charge in [-0.05, 0) is 37.3 Å². The monoisotopic (exact) mass is 355 g/mol. The van der Waals surface area contributed by atoms with Crippen molar-refractivity contribution in [3.8, 4) is 17.2 Å². The van der Waals surface area contributed by atoms with Gasteiger partial charge in [0, 0.05) is 17.0 Å². The van der Waals surface area contributed by atoms with E-state index in [1.807, 2.05) is 31.2 Å². The van der Waals surface area contributed by atoms with E-state index in [2.05, 4.69) is 5.32 Å². The van der Waals surface area contributed by atoms with E-state index in [1.165, 1.54) is 0 Å². The van der Waals surface area contributed by atoms with Crippen LogP contribution in [0.4, 0.5) is 0 Å². The van der Waals surface area contributed by atoms with E-state index < -0.39 is 0 Å². The van der Waals surface area contributed by atoms with E-state index in [-0.39, 0.29) is 5.91 Å². The summed E-state index contributed by atoms with van der Waals surface area (Å²) >= 11 is 0. The highest BCUT2D eigenvalue weighted by Crippen LogP contribution is 2.28. The number of furan rings is 1. The first-order valence-electron chi connectivity index (χ1n) is 8.24. The number of benzene rings is 2. The molecule has 0 aliphatic rings. The first-order valence-corrected chi connectivity index (χ1v) is 8.24. The molecule has 0 fully saturated rings. The summed E-state index contributed by atoms with van der Waals surface area (Å²) in [6.45, 7) is 2.55. The van der Waals surface area contributed by atoms with Crippen molar-refractivity contribution in [1.29, 1.82) is 0 Å². The molecule has 1 aromatic heterocycles. The Morgan fingerprint density at radius 2 is 1.77 bits per heavy atom. The van der Waals surface area contributed by atoms with Gasteiger partial charge in [0.15, 0.2) is 5.76 Å². The van der Waals surface area contributed by atoms with Gasteiger partial charge < -0.3 is 23.9 Å². The third-order valence-electron chi connectivity index (χ3n) is 4.05. The van der Waals surface area contributed by atoms with Crippen molar-refractivity contribution >= 4 is 16.9 Å². The van der Waals surface area contributed by atoms with Gasteiger partial charge in [-0.15, -0.1) is 0 Å². The van der Waals surface area contributed by atoms with Crippen molar-refractivity contribution in [3.05, 3.63) is 53.8 Å². The van der Waals surface area contributed by atoms with E-state index in [9.17, 15) is 4.79 Å².